The molecule has 16 heavy (non-hydrogen) atoms. The van der Waals surface area contributed by atoms with Crippen LogP contribution in [0.15, 0.2) is 4.99 Å². The Labute approximate surface area is 93.7 Å². The summed E-state index contributed by atoms with van der Waals surface area (Å²) >= 11 is 0. The third-order valence-corrected chi connectivity index (χ3v) is 2.80. The fourth-order valence-electron chi connectivity index (χ4n) is 1.70. The summed E-state index contributed by atoms with van der Waals surface area (Å²) < 4.78 is 6.59. The maximum absolute atomic E-state index is 11.6. The van der Waals surface area contributed by atoms with Crippen molar-refractivity contribution in [2.45, 2.75) is 20.4 Å². The van der Waals surface area contributed by atoms with Gasteiger partial charge in [-0.3, -0.25) is 0 Å². The monoisotopic (exact) mass is 222 g/mol. The van der Waals surface area contributed by atoms with Crippen LogP contribution in [0.5, 0.6) is 0 Å². The first kappa shape index (κ1) is 12.2. The molecule has 0 amide bonds. The topological polar surface area (TPSA) is 60.7 Å². The average Bonchev–Trinajstić information content (AvgIpc) is 2.50. The van der Waals surface area contributed by atoms with E-state index < -0.39 is 5.97 Å². The number of nitrogens with zero attached hydrogens (tertiary/aromatic N) is 2. The standard InChI is InChI=1S/C11H14N2O3/c1-7-9(5-12-6-14)10(11(15)16-4)8(2)13(7)3/h5H2,1-4H3. The van der Waals surface area contributed by atoms with Gasteiger partial charge in [-0.15, -0.1) is 0 Å². The first-order valence-corrected chi connectivity index (χ1v) is 4.81. The Morgan fingerprint density at radius 1 is 1.44 bits per heavy atom. The Kier molecular flexibility index (Phi) is 3.64. The summed E-state index contributed by atoms with van der Waals surface area (Å²) in [6.07, 6.45) is 1.47. The Morgan fingerprint density at radius 2 is 2.06 bits per heavy atom. The molecule has 0 aliphatic rings. The van der Waals surface area contributed by atoms with Crippen molar-refractivity contribution in [1.82, 2.24) is 4.57 Å². The molecule has 0 N–H and O–H groups in total. The fourth-order valence-corrected chi connectivity index (χ4v) is 1.70. The van der Waals surface area contributed by atoms with Gasteiger partial charge < -0.3 is 9.30 Å². The second-order valence-electron chi connectivity index (χ2n) is 3.48. The van der Waals surface area contributed by atoms with Crippen molar-refractivity contribution >= 4 is 12.0 Å². The van der Waals surface area contributed by atoms with Crippen molar-refractivity contribution in [3.8, 4) is 0 Å². The van der Waals surface area contributed by atoms with E-state index in [4.69, 9.17) is 4.74 Å². The molecule has 5 nitrogen and oxygen atoms in total. The van der Waals surface area contributed by atoms with Crippen LogP contribution >= 0.6 is 0 Å². The molecule has 0 saturated heterocycles. The molecule has 0 aliphatic carbocycles. The molecule has 0 saturated carbocycles. The van der Waals surface area contributed by atoms with Crippen LogP contribution in [0.3, 0.4) is 0 Å². The van der Waals surface area contributed by atoms with Crippen LogP contribution in [0.1, 0.15) is 27.3 Å². The van der Waals surface area contributed by atoms with Gasteiger partial charge in [-0.2, -0.15) is 0 Å². The smallest absolute Gasteiger partial charge is 0.340 e. The summed E-state index contributed by atoms with van der Waals surface area (Å²) in [6.45, 7) is 3.85. The van der Waals surface area contributed by atoms with Gasteiger partial charge in [-0.1, -0.05) is 0 Å². The van der Waals surface area contributed by atoms with E-state index in [1.54, 1.807) is 0 Å². The predicted molar refractivity (Wildman–Crippen MR) is 58.1 cm³/mol. The van der Waals surface area contributed by atoms with Crippen LogP contribution < -0.4 is 0 Å². The quantitative estimate of drug-likeness (QED) is 0.439. The highest BCUT2D eigenvalue weighted by molar-refractivity contribution is 5.93. The van der Waals surface area contributed by atoms with E-state index in [0.717, 1.165) is 17.0 Å². The lowest BCUT2D eigenvalue weighted by molar-refractivity contribution is 0.0598. The highest BCUT2D eigenvalue weighted by Gasteiger charge is 2.21. The highest BCUT2D eigenvalue weighted by atomic mass is 16.5. The van der Waals surface area contributed by atoms with Crippen LogP contribution in [-0.2, 0) is 23.1 Å². The maximum Gasteiger partial charge on any atom is 0.340 e. The largest absolute Gasteiger partial charge is 0.465 e. The number of esters is 1. The van der Waals surface area contributed by atoms with Crippen LogP contribution in [0.25, 0.3) is 0 Å². The summed E-state index contributed by atoms with van der Waals surface area (Å²) in [5.74, 6) is -0.405. The van der Waals surface area contributed by atoms with Crippen molar-refractivity contribution < 1.29 is 14.3 Å². The number of methoxy groups -OCH3 is 1. The zero-order chi connectivity index (χ0) is 12.3. The van der Waals surface area contributed by atoms with Crippen LogP contribution in [0.4, 0.5) is 0 Å². The molecule has 0 fully saturated rings. The molecule has 0 atom stereocenters. The number of hydrogen-bond acceptors (Lipinski definition) is 4. The Morgan fingerprint density at radius 3 is 2.56 bits per heavy atom. The number of ether oxygens (including phenoxy) is 1. The van der Waals surface area contributed by atoms with E-state index in [2.05, 4.69) is 4.99 Å². The number of carbonyl (C=O) groups is 1. The number of rotatable bonds is 3. The SMILES string of the molecule is COC(=O)c1c(CN=C=O)c(C)n(C)c1C. The zero-order valence-corrected chi connectivity index (χ0v) is 9.83. The number of aliphatic imine (C=N–C) groups is 1. The molecule has 0 spiro atoms. The summed E-state index contributed by atoms with van der Waals surface area (Å²) in [5, 5.41) is 0. The molecule has 1 aromatic heterocycles. The summed E-state index contributed by atoms with van der Waals surface area (Å²) in [5.41, 5.74) is 2.91. The van der Waals surface area contributed by atoms with Crippen molar-refractivity contribution in [3.63, 3.8) is 0 Å². The normalized spacial score (nSPS) is 9.75. The summed E-state index contributed by atoms with van der Waals surface area (Å²) in [4.78, 5) is 25.2. The molecule has 5 heteroatoms. The van der Waals surface area contributed by atoms with Crippen molar-refractivity contribution in [1.29, 1.82) is 0 Å². The van der Waals surface area contributed by atoms with Gasteiger partial charge in [0.05, 0.1) is 19.2 Å². The van der Waals surface area contributed by atoms with Crippen LogP contribution in [0.2, 0.25) is 0 Å². The third kappa shape index (κ3) is 1.90. The maximum atomic E-state index is 11.6. The van der Waals surface area contributed by atoms with Gasteiger partial charge >= 0.3 is 5.97 Å². The second kappa shape index (κ2) is 4.77. The lowest BCUT2D eigenvalue weighted by Crippen LogP contribution is -2.05. The third-order valence-electron chi connectivity index (χ3n) is 2.80. The van der Waals surface area contributed by atoms with E-state index in [0.29, 0.717) is 5.56 Å². The molecule has 0 unspecified atom stereocenters. The van der Waals surface area contributed by atoms with Gasteiger partial charge in [0.1, 0.15) is 0 Å². The molecular weight excluding hydrogens is 208 g/mol. The number of isocyanates is 1. The minimum Gasteiger partial charge on any atom is -0.465 e. The zero-order valence-electron chi connectivity index (χ0n) is 9.83. The molecule has 1 rings (SSSR count). The van der Waals surface area contributed by atoms with E-state index in [9.17, 15) is 9.59 Å². The first-order chi connectivity index (χ1) is 7.54. The van der Waals surface area contributed by atoms with Crippen molar-refractivity contribution in [3.05, 3.63) is 22.5 Å². The summed E-state index contributed by atoms with van der Waals surface area (Å²) in [6, 6.07) is 0. The number of carbonyl (C=O) groups excluding carboxylic acids is 2. The van der Waals surface area contributed by atoms with Crippen molar-refractivity contribution in [2.75, 3.05) is 7.11 Å². The molecule has 0 aliphatic heterocycles. The van der Waals surface area contributed by atoms with Crippen molar-refractivity contribution in [2.24, 2.45) is 12.0 Å². The minimum atomic E-state index is -0.405. The molecular formula is C11H14N2O3. The average molecular weight is 222 g/mol. The van der Waals surface area contributed by atoms with E-state index in [1.165, 1.54) is 13.2 Å². The Bertz CT molecular complexity index is 468. The number of hydrogen-bond donors (Lipinski definition) is 0. The highest BCUT2D eigenvalue weighted by Crippen LogP contribution is 2.22. The lowest BCUT2D eigenvalue weighted by Gasteiger charge is -2.01. The van der Waals surface area contributed by atoms with Gasteiger partial charge in [-0.05, 0) is 13.8 Å². The number of aromatic nitrogens is 1. The van der Waals surface area contributed by atoms with E-state index >= 15 is 0 Å². The lowest BCUT2D eigenvalue weighted by atomic mass is 10.1. The van der Waals surface area contributed by atoms with Gasteiger partial charge in [0, 0.05) is 24.0 Å². The molecule has 0 aromatic carbocycles. The first-order valence-electron chi connectivity index (χ1n) is 4.81. The second-order valence-corrected chi connectivity index (χ2v) is 3.48. The van der Waals surface area contributed by atoms with Gasteiger partial charge in [0.25, 0.3) is 0 Å². The summed E-state index contributed by atoms with van der Waals surface area (Å²) in [7, 11) is 3.18. The van der Waals surface area contributed by atoms with Gasteiger partial charge in [0.2, 0.25) is 6.08 Å². The fraction of sp³-hybridized carbons (Fsp3) is 0.455. The Hall–Kier alpha value is -1.87. The van der Waals surface area contributed by atoms with Gasteiger partial charge in [-0.25, -0.2) is 14.6 Å². The molecule has 0 radical (unpaired) electrons. The minimum absolute atomic E-state index is 0.154. The van der Waals surface area contributed by atoms with E-state index in [1.807, 2.05) is 25.5 Å². The van der Waals surface area contributed by atoms with Crippen LogP contribution in [-0.4, -0.2) is 23.7 Å². The Balaban J connectivity index is 3.38. The molecule has 0 bridgehead atoms. The van der Waals surface area contributed by atoms with Crippen LogP contribution in [0, 0.1) is 13.8 Å². The molecule has 1 aromatic rings. The predicted octanol–water partition coefficient (Wildman–Crippen LogP) is 1.26. The molecule has 1 heterocycles. The van der Waals surface area contributed by atoms with Gasteiger partial charge in [0.15, 0.2) is 0 Å². The molecule has 86 valence electrons. The van der Waals surface area contributed by atoms with E-state index in [-0.39, 0.29) is 6.54 Å².